The maximum Gasteiger partial charge on any atom is 0.265 e. The molecule has 0 aliphatic heterocycles. The van der Waals surface area contributed by atoms with Crippen molar-refractivity contribution in [3.05, 3.63) is 77.3 Å². The highest BCUT2D eigenvalue weighted by atomic mass is 35.5. The minimum absolute atomic E-state index is 0.181. The maximum absolute atomic E-state index is 12.4. The predicted octanol–water partition coefficient (Wildman–Crippen LogP) is 3.71. The first-order valence-electron chi connectivity index (χ1n) is 8.29. The zero-order valence-electron chi connectivity index (χ0n) is 14.8. The Hall–Kier alpha value is -3.12. The van der Waals surface area contributed by atoms with Crippen molar-refractivity contribution in [2.45, 2.75) is 13.0 Å². The minimum Gasteiger partial charge on any atom is -0.481 e. The van der Waals surface area contributed by atoms with Gasteiger partial charge < -0.3 is 14.6 Å². The van der Waals surface area contributed by atoms with Crippen LogP contribution < -0.4 is 10.1 Å². The van der Waals surface area contributed by atoms with Gasteiger partial charge in [-0.1, -0.05) is 11.6 Å². The number of hydrogen-bond acceptors (Lipinski definition) is 4. The molecule has 3 aromatic rings. The zero-order valence-corrected chi connectivity index (χ0v) is 15.6. The number of ether oxygens (including phenoxy) is 1. The molecule has 0 saturated carbocycles. The van der Waals surface area contributed by atoms with E-state index in [1.54, 1.807) is 79.5 Å². The standard InChI is InChI=1S/C20H18ClN3O3/c1-13(27-17-9-5-15(21)6-10-17)20(26)23-16-7-3-14(4-8-16)18(25)19-22-11-12-24(19)2/h3-13H,1-2H3,(H,23,26). The van der Waals surface area contributed by atoms with E-state index in [-0.39, 0.29) is 11.7 Å². The summed E-state index contributed by atoms with van der Waals surface area (Å²) in [7, 11) is 1.76. The van der Waals surface area contributed by atoms with Gasteiger partial charge in [-0.2, -0.15) is 0 Å². The quantitative estimate of drug-likeness (QED) is 0.658. The fourth-order valence-corrected chi connectivity index (χ4v) is 2.56. The number of nitrogens with one attached hydrogen (secondary N) is 1. The number of amides is 1. The fraction of sp³-hybridized carbons (Fsp3) is 0.150. The molecule has 2 aromatic carbocycles. The van der Waals surface area contributed by atoms with Gasteiger partial charge in [0.25, 0.3) is 5.91 Å². The smallest absolute Gasteiger partial charge is 0.265 e. The molecule has 1 heterocycles. The summed E-state index contributed by atoms with van der Waals surface area (Å²) in [4.78, 5) is 28.7. The molecule has 0 bridgehead atoms. The third kappa shape index (κ3) is 4.54. The van der Waals surface area contributed by atoms with E-state index < -0.39 is 6.10 Å². The lowest BCUT2D eigenvalue weighted by Gasteiger charge is -2.15. The second kappa shape index (κ2) is 8.05. The van der Waals surface area contributed by atoms with Crippen LogP contribution in [0.15, 0.2) is 60.9 Å². The number of ketones is 1. The van der Waals surface area contributed by atoms with Crippen LogP contribution in [0.2, 0.25) is 5.02 Å². The molecule has 1 amide bonds. The number of halogens is 1. The van der Waals surface area contributed by atoms with Crippen LogP contribution in [-0.4, -0.2) is 27.3 Å². The van der Waals surface area contributed by atoms with E-state index in [1.807, 2.05) is 0 Å². The molecule has 0 radical (unpaired) electrons. The Morgan fingerprint density at radius 3 is 2.37 bits per heavy atom. The summed E-state index contributed by atoms with van der Waals surface area (Å²) in [6, 6.07) is 13.4. The number of hydrogen-bond donors (Lipinski definition) is 1. The van der Waals surface area contributed by atoms with E-state index in [1.165, 1.54) is 0 Å². The Morgan fingerprint density at radius 1 is 1.11 bits per heavy atom. The highest BCUT2D eigenvalue weighted by Crippen LogP contribution is 2.18. The third-order valence-corrected chi connectivity index (χ3v) is 4.19. The number of aromatic nitrogens is 2. The van der Waals surface area contributed by atoms with Crippen molar-refractivity contribution in [2.24, 2.45) is 7.05 Å². The topological polar surface area (TPSA) is 73.2 Å². The highest BCUT2D eigenvalue weighted by Gasteiger charge is 2.16. The number of carbonyl (C=O) groups is 2. The summed E-state index contributed by atoms with van der Waals surface area (Å²) in [5.41, 5.74) is 1.07. The summed E-state index contributed by atoms with van der Waals surface area (Å²) in [6.45, 7) is 1.66. The molecule has 138 valence electrons. The van der Waals surface area contributed by atoms with Crippen LogP contribution in [0.5, 0.6) is 5.75 Å². The second-order valence-electron chi connectivity index (χ2n) is 5.97. The lowest BCUT2D eigenvalue weighted by atomic mass is 10.1. The number of aryl methyl sites for hydroxylation is 1. The summed E-state index contributed by atoms with van der Waals surface area (Å²) >= 11 is 5.83. The lowest BCUT2D eigenvalue weighted by Crippen LogP contribution is -2.30. The first kappa shape index (κ1) is 18.7. The third-order valence-electron chi connectivity index (χ3n) is 3.93. The van der Waals surface area contributed by atoms with Gasteiger partial charge in [0.15, 0.2) is 11.9 Å². The van der Waals surface area contributed by atoms with Crippen LogP contribution >= 0.6 is 11.6 Å². The van der Waals surface area contributed by atoms with Crippen molar-refractivity contribution in [3.8, 4) is 5.75 Å². The Bertz CT molecular complexity index is 949. The van der Waals surface area contributed by atoms with Gasteiger partial charge in [-0.25, -0.2) is 4.98 Å². The van der Waals surface area contributed by atoms with Crippen LogP contribution in [0.25, 0.3) is 0 Å². The molecule has 0 aliphatic rings. The van der Waals surface area contributed by atoms with E-state index in [0.29, 0.717) is 27.8 Å². The van der Waals surface area contributed by atoms with Gasteiger partial charge in [-0.05, 0) is 55.5 Å². The Morgan fingerprint density at radius 2 is 1.78 bits per heavy atom. The normalized spacial score (nSPS) is 11.7. The van der Waals surface area contributed by atoms with Gasteiger partial charge in [0, 0.05) is 35.7 Å². The van der Waals surface area contributed by atoms with E-state index in [0.717, 1.165) is 0 Å². The van der Waals surface area contributed by atoms with Gasteiger partial charge in [0.2, 0.25) is 5.78 Å². The lowest BCUT2D eigenvalue weighted by molar-refractivity contribution is -0.122. The molecular weight excluding hydrogens is 366 g/mol. The van der Waals surface area contributed by atoms with Crippen LogP contribution in [0, 0.1) is 0 Å². The molecule has 1 N–H and O–H groups in total. The average Bonchev–Trinajstić information content (AvgIpc) is 3.09. The Labute approximate surface area is 161 Å². The Kier molecular flexibility index (Phi) is 5.57. The summed E-state index contributed by atoms with van der Waals surface area (Å²) < 4.78 is 7.25. The zero-order chi connectivity index (χ0) is 19.4. The molecule has 6 nitrogen and oxygen atoms in total. The maximum atomic E-state index is 12.4. The van der Waals surface area contributed by atoms with Crippen molar-refractivity contribution >= 4 is 29.0 Å². The molecule has 7 heteroatoms. The summed E-state index contributed by atoms with van der Waals surface area (Å²) in [5, 5.41) is 3.36. The number of carbonyl (C=O) groups excluding carboxylic acids is 2. The van der Waals surface area contributed by atoms with Gasteiger partial charge in [-0.15, -0.1) is 0 Å². The number of imidazole rings is 1. The summed E-state index contributed by atoms with van der Waals surface area (Å²) in [5.74, 6) is 0.433. The molecule has 0 fully saturated rings. The van der Waals surface area contributed by atoms with Crippen LogP contribution in [-0.2, 0) is 11.8 Å². The van der Waals surface area contributed by atoms with Crippen molar-refractivity contribution in [3.63, 3.8) is 0 Å². The molecular formula is C20H18ClN3O3. The largest absolute Gasteiger partial charge is 0.481 e. The fourth-order valence-electron chi connectivity index (χ4n) is 2.43. The number of nitrogens with zero attached hydrogens (tertiary/aromatic N) is 2. The van der Waals surface area contributed by atoms with Gasteiger partial charge >= 0.3 is 0 Å². The highest BCUT2D eigenvalue weighted by molar-refractivity contribution is 6.30. The summed E-state index contributed by atoms with van der Waals surface area (Å²) in [6.07, 6.45) is 2.59. The number of anilines is 1. The molecule has 1 atom stereocenters. The first-order chi connectivity index (χ1) is 12.9. The Balaban J connectivity index is 1.62. The van der Waals surface area contributed by atoms with E-state index in [4.69, 9.17) is 16.3 Å². The molecule has 0 saturated heterocycles. The van der Waals surface area contributed by atoms with Gasteiger partial charge in [0.05, 0.1) is 0 Å². The van der Waals surface area contributed by atoms with E-state index >= 15 is 0 Å². The minimum atomic E-state index is -0.694. The molecule has 1 aromatic heterocycles. The molecule has 0 aliphatic carbocycles. The number of benzene rings is 2. The van der Waals surface area contributed by atoms with Crippen LogP contribution in [0.3, 0.4) is 0 Å². The molecule has 27 heavy (non-hydrogen) atoms. The van der Waals surface area contributed by atoms with Crippen molar-refractivity contribution in [1.82, 2.24) is 9.55 Å². The molecule has 1 unspecified atom stereocenters. The van der Waals surface area contributed by atoms with E-state index in [9.17, 15) is 9.59 Å². The van der Waals surface area contributed by atoms with Crippen molar-refractivity contribution in [2.75, 3.05) is 5.32 Å². The van der Waals surface area contributed by atoms with E-state index in [2.05, 4.69) is 10.3 Å². The second-order valence-corrected chi connectivity index (χ2v) is 6.41. The van der Waals surface area contributed by atoms with Crippen LogP contribution in [0.1, 0.15) is 23.1 Å². The van der Waals surface area contributed by atoms with Crippen molar-refractivity contribution in [1.29, 1.82) is 0 Å². The van der Waals surface area contributed by atoms with Crippen LogP contribution in [0.4, 0.5) is 5.69 Å². The SMILES string of the molecule is CC(Oc1ccc(Cl)cc1)C(=O)Nc1ccc(C(=O)c2nccn2C)cc1. The first-order valence-corrected chi connectivity index (χ1v) is 8.67. The predicted molar refractivity (Wildman–Crippen MR) is 103 cm³/mol. The molecule has 0 spiro atoms. The molecule has 3 rings (SSSR count). The average molecular weight is 384 g/mol. The van der Waals surface area contributed by atoms with Gasteiger partial charge in [0.1, 0.15) is 5.75 Å². The monoisotopic (exact) mass is 383 g/mol. The number of rotatable bonds is 6. The van der Waals surface area contributed by atoms with Crippen molar-refractivity contribution < 1.29 is 14.3 Å². The van der Waals surface area contributed by atoms with Gasteiger partial charge in [-0.3, -0.25) is 9.59 Å².